The number of piperidine rings is 2. The van der Waals surface area contributed by atoms with E-state index in [-0.39, 0.29) is 37.3 Å². The summed E-state index contributed by atoms with van der Waals surface area (Å²) < 4.78 is 11.8. The van der Waals surface area contributed by atoms with Crippen molar-refractivity contribution in [2.75, 3.05) is 74.5 Å². The molecule has 4 amide bonds. The highest BCUT2D eigenvalue weighted by atomic mass is 32.1. The van der Waals surface area contributed by atoms with Gasteiger partial charge in [-0.05, 0) is 88.0 Å². The monoisotopic (exact) mass is 955 g/mol. The quantitative estimate of drug-likeness (QED) is 0.0451. The van der Waals surface area contributed by atoms with Crippen LogP contribution in [-0.4, -0.2) is 135 Å². The van der Waals surface area contributed by atoms with Gasteiger partial charge in [-0.25, -0.2) is 9.78 Å². The molecule has 7 heterocycles. The van der Waals surface area contributed by atoms with Crippen LogP contribution in [0.2, 0.25) is 0 Å². The van der Waals surface area contributed by atoms with Crippen molar-refractivity contribution >= 4 is 65.4 Å². The number of fused-ring (bicyclic) bond motifs is 2. The van der Waals surface area contributed by atoms with Gasteiger partial charge >= 0.3 is 5.97 Å². The lowest BCUT2D eigenvalue weighted by atomic mass is 9.95. The minimum Gasteiger partial charge on any atom is -0.451 e. The second-order valence-corrected chi connectivity index (χ2v) is 19.5. The second kappa shape index (κ2) is 18.6. The standard InChI is InChI=1S/C49H53N11O8S/c1-48(2)35-25-31(11-12-32(35)46(66)68-48)51-47-50-26-34(41(53-47)54-49(69,28-61)30-7-4-3-5-8-30)43-56-55-39(67-43)17-20-57-18-15-29(16-19-57)27-58-21-23-59(24-22-58)36-10-6-9-33-40(36)45(65)60(44(33)64)37-13-14-38(62)52-42(37)63/h3-12,25-26,29,37,61,69H,13-24,27-28H2,1-2H3,(H,52,62,63)(H2,50,51,53,54)/t37?,49-/m1/s1. The van der Waals surface area contributed by atoms with Crippen LogP contribution in [0, 0.1) is 5.92 Å². The maximum atomic E-state index is 13.7. The molecular formula is C49H53N11O8S. The summed E-state index contributed by atoms with van der Waals surface area (Å²) in [7, 11) is 0. The molecule has 5 aliphatic rings. The Morgan fingerprint density at radius 1 is 0.870 bits per heavy atom. The van der Waals surface area contributed by atoms with Gasteiger partial charge in [-0.1, -0.05) is 36.4 Å². The maximum absolute atomic E-state index is 13.7. The van der Waals surface area contributed by atoms with Gasteiger partial charge in [0.05, 0.1) is 34.5 Å². The fourth-order valence-corrected chi connectivity index (χ4v) is 10.2. The lowest BCUT2D eigenvalue weighted by Gasteiger charge is -2.40. The van der Waals surface area contributed by atoms with Crippen LogP contribution in [0.5, 0.6) is 0 Å². The zero-order chi connectivity index (χ0) is 48.0. The Morgan fingerprint density at radius 3 is 2.41 bits per heavy atom. The van der Waals surface area contributed by atoms with E-state index in [0.717, 1.165) is 62.6 Å². The third-order valence-electron chi connectivity index (χ3n) is 13.8. The van der Waals surface area contributed by atoms with Crippen molar-refractivity contribution in [1.82, 2.24) is 40.2 Å². The molecule has 3 aromatic carbocycles. The molecular weight excluding hydrogens is 903 g/mol. The first-order chi connectivity index (χ1) is 33.3. The Labute approximate surface area is 403 Å². The van der Waals surface area contributed by atoms with Crippen molar-refractivity contribution in [3.8, 4) is 11.5 Å². The second-order valence-electron chi connectivity index (χ2n) is 18.7. The van der Waals surface area contributed by atoms with E-state index in [1.54, 1.807) is 30.5 Å². The fraction of sp³-hybridized carbons (Fsp3) is 0.408. The Bertz CT molecular complexity index is 2830. The summed E-state index contributed by atoms with van der Waals surface area (Å²) in [5.41, 5.74) is 3.59. The molecule has 3 fully saturated rings. The van der Waals surface area contributed by atoms with Crippen molar-refractivity contribution in [3.63, 3.8) is 0 Å². The van der Waals surface area contributed by atoms with Gasteiger partial charge in [-0.2, -0.15) is 4.98 Å². The topological polar surface area (TPSA) is 229 Å². The third-order valence-corrected chi connectivity index (χ3v) is 14.3. The van der Waals surface area contributed by atoms with Gasteiger partial charge in [0.25, 0.3) is 17.7 Å². The lowest BCUT2D eigenvalue weighted by molar-refractivity contribution is -0.136. The van der Waals surface area contributed by atoms with Gasteiger partial charge < -0.3 is 34.7 Å². The van der Waals surface area contributed by atoms with Gasteiger partial charge in [0, 0.05) is 69.6 Å². The van der Waals surface area contributed by atoms with Crippen molar-refractivity contribution in [3.05, 3.63) is 107 Å². The number of rotatable bonds is 14. The molecule has 69 heavy (non-hydrogen) atoms. The van der Waals surface area contributed by atoms with Crippen LogP contribution in [0.25, 0.3) is 11.5 Å². The maximum Gasteiger partial charge on any atom is 0.339 e. The Morgan fingerprint density at radius 2 is 1.65 bits per heavy atom. The number of hydrogen-bond donors (Lipinski definition) is 5. The molecule has 1 unspecified atom stereocenters. The van der Waals surface area contributed by atoms with Gasteiger partial charge in [-0.15, -0.1) is 22.8 Å². The van der Waals surface area contributed by atoms with Crippen LogP contribution in [0.1, 0.15) is 87.6 Å². The molecule has 358 valence electrons. The van der Waals surface area contributed by atoms with Crippen molar-refractivity contribution in [1.29, 1.82) is 0 Å². The molecule has 0 saturated carbocycles. The predicted octanol–water partition coefficient (Wildman–Crippen LogP) is 4.34. The number of cyclic esters (lactones) is 1. The molecule has 5 aromatic rings. The minimum atomic E-state index is -1.24. The van der Waals surface area contributed by atoms with Crippen LogP contribution in [-0.2, 0) is 31.2 Å². The number of piperazine rings is 1. The summed E-state index contributed by atoms with van der Waals surface area (Å²) in [6, 6.07) is 18.9. The van der Waals surface area contributed by atoms with E-state index in [1.807, 2.05) is 56.3 Å². The highest BCUT2D eigenvalue weighted by Crippen LogP contribution is 2.39. The normalized spacial score (nSPS) is 20.6. The van der Waals surface area contributed by atoms with Crippen molar-refractivity contribution < 1.29 is 38.2 Å². The molecule has 2 aromatic heterocycles. The highest BCUT2D eigenvalue weighted by Gasteiger charge is 2.46. The molecule has 5 aliphatic heterocycles. The molecule has 10 rings (SSSR count). The number of benzene rings is 3. The predicted molar refractivity (Wildman–Crippen MR) is 256 cm³/mol. The van der Waals surface area contributed by atoms with E-state index < -0.39 is 40.1 Å². The first kappa shape index (κ1) is 46.0. The molecule has 0 radical (unpaired) electrons. The summed E-state index contributed by atoms with van der Waals surface area (Å²) in [5, 5.41) is 28.2. The molecule has 0 bridgehead atoms. The number of carbonyl (C=O) groups is 5. The van der Waals surface area contributed by atoms with Crippen LogP contribution in [0.15, 0.2) is 77.3 Å². The smallest absolute Gasteiger partial charge is 0.339 e. The van der Waals surface area contributed by atoms with Crippen LogP contribution in [0.3, 0.4) is 0 Å². The average molecular weight is 956 g/mol. The zero-order valence-corrected chi connectivity index (χ0v) is 39.2. The Balaban J connectivity index is 0.743. The van der Waals surface area contributed by atoms with E-state index in [1.165, 1.54) is 0 Å². The minimum absolute atomic E-state index is 0.0767. The molecule has 0 spiro atoms. The number of anilines is 4. The number of ether oxygens (including phenoxy) is 1. The SMILES string of the molecule is CC1(C)OC(=O)c2ccc(Nc3ncc(-c4nnc(CCN5CCC(CN6CCN(c7cccc8c7C(=O)N(C7CCC(=O)NC7=O)C8=O)CC6)CC5)o4)c(N[C@@](S)(CO)c4ccccc4)n3)cc21. The number of carbonyl (C=O) groups excluding carboxylic acids is 5. The summed E-state index contributed by atoms with van der Waals surface area (Å²) >= 11 is 4.88. The molecule has 20 heteroatoms. The third kappa shape index (κ3) is 9.16. The number of thiol groups is 1. The van der Waals surface area contributed by atoms with E-state index in [9.17, 15) is 29.1 Å². The first-order valence-corrected chi connectivity index (χ1v) is 23.8. The Hall–Kier alpha value is -6.74. The van der Waals surface area contributed by atoms with Gasteiger partial charge in [0.15, 0.2) is 0 Å². The van der Waals surface area contributed by atoms with Gasteiger partial charge in [-0.3, -0.25) is 34.3 Å². The van der Waals surface area contributed by atoms with Gasteiger partial charge in [0.2, 0.25) is 23.7 Å². The first-order valence-electron chi connectivity index (χ1n) is 23.3. The van der Waals surface area contributed by atoms with Crippen LogP contribution in [0.4, 0.5) is 23.1 Å². The number of nitrogens with one attached hydrogen (secondary N) is 3. The molecule has 3 saturated heterocycles. The van der Waals surface area contributed by atoms with E-state index in [4.69, 9.17) is 26.8 Å². The molecule has 2 atom stereocenters. The number of aliphatic hydroxyl groups is 1. The van der Waals surface area contributed by atoms with Crippen LogP contribution < -0.4 is 20.9 Å². The highest BCUT2D eigenvalue weighted by molar-refractivity contribution is 7.81. The number of esters is 1. The van der Waals surface area contributed by atoms with Gasteiger partial charge in [0.1, 0.15) is 22.3 Å². The van der Waals surface area contributed by atoms with Crippen LogP contribution >= 0.6 is 12.6 Å². The number of likely N-dealkylation sites (tertiary alicyclic amines) is 1. The van der Waals surface area contributed by atoms with E-state index >= 15 is 0 Å². The summed E-state index contributed by atoms with van der Waals surface area (Å²) in [5.74, 6) is -0.614. The summed E-state index contributed by atoms with van der Waals surface area (Å²) in [6.07, 6.45) is 4.42. The number of amides is 4. The van der Waals surface area contributed by atoms with E-state index in [2.05, 4.69) is 45.8 Å². The number of nitrogens with zero attached hydrogens (tertiary/aromatic N) is 8. The van der Waals surface area contributed by atoms with Crippen molar-refractivity contribution in [2.24, 2.45) is 5.92 Å². The number of hydrogen-bond acceptors (Lipinski definition) is 18. The fourth-order valence-electron chi connectivity index (χ4n) is 9.98. The average Bonchev–Trinajstić information content (AvgIpc) is 3.99. The van der Waals surface area contributed by atoms with E-state index in [0.29, 0.717) is 76.3 Å². The molecule has 4 N–H and O–H groups in total. The molecule has 0 aliphatic carbocycles. The summed E-state index contributed by atoms with van der Waals surface area (Å²) in [6.45, 7) is 9.93. The number of aromatic nitrogens is 4. The number of imide groups is 2. The summed E-state index contributed by atoms with van der Waals surface area (Å²) in [4.78, 5) is 80.1. The molecule has 19 nitrogen and oxygen atoms in total. The zero-order valence-electron chi connectivity index (χ0n) is 38.3. The number of aliphatic hydroxyl groups excluding tert-OH is 1. The lowest BCUT2D eigenvalue weighted by Crippen LogP contribution is -2.54. The Kier molecular flexibility index (Phi) is 12.4. The largest absolute Gasteiger partial charge is 0.451 e. The van der Waals surface area contributed by atoms with Crippen molar-refractivity contribution in [2.45, 2.75) is 62.5 Å².